The van der Waals surface area contributed by atoms with E-state index in [2.05, 4.69) is 10.4 Å². The van der Waals surface area contributed by atoms with Crippen LogP contribution < -0.4 is 5.32 Å². The number of aromatic nitrogens is 2. The minimum Gasteiger partial charge on any atom is -0.310 e. The molecule has 1 heterocycles. The van der Waals surface area contributed by atoms with Gasteiger partial charge in [-0.25, -0.2) is 4.39 Å². The largest absolute Gasteiger partial charge is 0.310 e. The fraction of sp³-hybridized carbons (Fsp3) is 0.400. The molecule has 2 rings (SSSR count). The summed E-state index contributed by atoms with van der Waals surface area (Å²) < 4.78 is 15.9. The highest BCUT2D eigenvalue weighted by Crippen LogP contribution is 2.28. The Bertz CT molecular complexity index is 575. The van der Waals surface area contributed by atoms with Gasteiger partial charge in [0.2, 0.25) is 0 Å². The second-order valence-electron chi connectivity index (χ2n) is 4.85. The monoisotopic (exact) mass is 295 g/mol. The first-order valence-corrected chi connectivity index (χ1v) is 7.07. The van der Waals surface area contributed by atoms with E-state index < -0.39 is 0 Å². The first-order valence-electron chi connectivity index (χ1n) is 6.69. The van der Waals surface area contributed by atoms with Crippen LogP contribution in [0.3, 0.4) is 0 Å². The number of likely N-dealkylation sites (N-methyl/N-ethyl adjacent to an activating group) is 1. The summed E-state index contributed by atoms with van der Waals surface area (Å²) in [6.07, 6.45) is 0.645. The second kappa shape index (κ2) is 6.37. The van der Waals surface area contributed by atoms with Crippen molar-refractivity contribution in [2.45, 2.75) is 26.3 Å². The van der Waals surface area contributed by atoms with Crippen molar-refractivity contribution < 1.29 is 4.39 Å². The van der Waals surface area contributed by atoms with Crippen LogP contribution in [0.15, 0.2) is 24.3 Å². The van der Waals surface area contributed by atoms with Crippen LogP contribution in [0.1, 0.15) is 29.9 Å². The van der Waals surface area contributed by atoms with Gasteiger partial charge in [-0.3, -0.25) is 4.68 Å². The van der Waals surface area contributed by atoms with Crippen LogP contribution in [0.4, 0.5) is 4.39 Å². The predicted molar refractivity (Wildman–Crippen MR) is 79.5 cm³/mol. The van der Waals surface area contributed by atoms with Crippen molar-refractivity contribution in [3.05, 3.63) is 52.1 Å². The predicted octanol–water partition coefficient (Wildman–Crippen LogP) is 3.41. The number of aryl methyl sites for hydroxylation is 2. The normalized spacial score (nSPS) is 12.7. The summed E-state index contributed by atoms with van der Waals surface area (Å²) in [7, 11) is 1.90. The number of rotatable bonds is 5. The molecule has 2 aromatic rings. The van der Waals surface area contributed by atoms with E-state index in [1.807, 2.05) is 31.6 Å². The Morgan fingerprint density at radius 1 is 1.45 bits per heavy atom. The lowest BCUT2D eigenvalue weighted by molar-refractivity contribution is 0.497. The standard InChI is InChI=1S/C15H19ClFN3/c1-4-18-14(9-11-8-10(2)19-20(11)3)15-12(16)6-5-7-13(15)17/h5-8,14,18H,4,9H2,1-3H3. The molecular weight excluding hydrogens is 277 g/mol. The van der Waals surface area contributed by atoms with Crippen molar-refractivity contribution in [1.29, 1.82) is 0 Å². The fourth-order valence-corrected chi connectivity index (χ4v) is 2.73. The molecule has 0 spiro atoms. The molecule has 0 radical (unpaired) electrons. The quantitative estimate of drug-likeness (QED) is 0.916. The molecule has 0 aliphatic carbocycles. The maximum absolute atomic E-state index is 14.1. The van der Waals surface area contributed by atoms with E-state index in [0.717, 1.165) is 17.9 Å². The van der Waals surface area contributed by atoms with Crippen LogP contribution in [0, 0.1) is 12.7 Å². The third kappa shape index (κ3) is 3.19. The summed E-state index contributed by atoms with van der Waals surface area (Å²) in [6, 6.07) is 6.64. The molecule has 0 aliphatic heterocycles. The Labute approximate surface area is 123 Å². The molecule has 1 aromatic heterocycles. The summed E-state index contributed by atoms with van der Waals surface area (Å²) in [6.45, 7) is 4.68. The molecule has 1 unspecified atom stereocenters. The lowest BCUT2D eigenvalue weighted by atomic mass is 10.0. The molecule has 20 heavy (non-hydrogen) atoms. The van der Waals surface area contributed by atoms with Crippen molar-refractivity contribution in [3.63, 3.8) is 0 Å². The van der Waals surface area contributed by atoms with E-state index >= 15 is 0 Å². The Morgan fingerprint density at radius 3 is 2.75 bits per heavy atom. The van der Waals surface area contributed by atoms with Gasteiger partial charge in [0.05, 0.1) is 5.69 Å². The highest BCUT2D eigenvalue weighted by Gasteiger charge is 2.20. The summed E-state index contributed by atoms with van der Waals surface area (Å²) in [5.41, 5.74) is 2.53. The smallest absolute Gasteiger partial charge is 0.129 e. The third-order valence-corrected chi connectivity index (χ3v) is 3.64. The molecule has 0 amide bonds. The van der Waals surface area contributed by atoms with Crippen molar-refractivity contribution in [2.24, 2.45) is 7.05 Å². The molecular formula is C15H19ClFN3. The zero-order chi connectivity index (χ0) is 14.7. The average molecular weight is 296 g/mol. The van der Waals surface area contributed by atoms with Gasteiger partial charge in [0.1, 0.15) is 5.82 Å². The van der Waals surface area contributed by atoms with Gasteiger partial charge in [0.15, 0.2) is 0 Å². The number of benzene rings is 1. The number of hydrogen-bond acceptors (Lipinski definition) is 2. The minimum atomic E-state index is -0.276. The SMILES string of the molecule is CCNC(Cc1cc(C)nn1C)c1c(F)cccc1Cl. The molecule has 0 saturated heterocycles. The zero-order valence-electron chi connectivity index (χ0n) is 12.0. The number of halogens is 2. The molecule has 0 fully saturated rings. The molecule has 1 aromatic carbocycles. The second-order valence-corrected chi connectivity index (χ2v) is 5.26. The third-order valence-electron chi connectivity index (χ3n) is 3.31. The number of nitrogens with zero attached hydrogens (tertiary/aromatic N) is 2. The zero-order valence-corrected chi connectivity index (χ0v) is 12.7. The fourth-order valence-electron chi connectivity index (χ4n) is 2.43. The van der Waals surface area contributed by atoms with Crippen molar-refractivity contribution >= 4 is 11.6 Å². The number of nitrogens with one attached hydrogen (secondary N) is 1. The molecule has 5 heteroatoms. The Balaban J connectivity index is 2.34. The summed E-state index contributed by atoms with van der Waals surface area (Å²) >= 11 is 6.17. The van der Waals surface area contributed by atoms with Crippen LogP contribution in [0.5, 0.6) is 0 Å². The van der Waals surface area contributed by atoms with Crippen LogP contribution in [0.25, 0.3) is 0 Å². The van der Waals surface area contributed by atoms with Gasteiger partial charge in [0.25, 0.3) is 0 Å². The van der Waals surface area contributed by atoms with Gasteiger partial charge in [0, 0.05) is 35.8 Å². The molecule has 1 atom stereocenters. The highest BCUT2D eigenvalue weighted by molar-refractivity contribution is 6.31. The Kier molecular flexibility index (Phi) is 4.78. The summed E-state index contributed by atoms with van der Waals surface area (Å²) in [4.78, 5) is 0. The number of hydrogen-bond donors (Lipinski definition) is 1. The van der Waals surface area contributed by atoms with E-state index in [0.29, 0.717) is 17.0 Å². The van der Waals surface area contributed by atoms with Gasteiger partial charge in [-0.2, -0.15) is 5.10 Å². The van der Waals surface area contributed by atoms with Crippen molar-refractivity contribution in [2.75, 3.05) is 6.54 Å². The molecule has 1 N–H and O–H groups in total. The lowest BCUT2D eigenvalue weighted by Crippen LogP contribution is -2.25. The molecule has 3 nitrogen and oxygen atoms in total. The first kappa shape index (κ1) is 15.0. The van der Waals surface area contributed by atoms with Crippen LogP contribution >= 0.6 is 11.6 Å². The first-order chi connectivity index (χ1) is 9.52. The van der Waals surface area contributed by atoms with Crippen LogP contribution in [-0.4, -0.2) is 16.3 Å². The Morgan fingerprint density at radius 2 is 2.20 bits per heavy atom. The lowest BCUT2D eigenvalue weighted by Gasteiger charge is -2.20. The van der Waals surface area contributed by atoms with Gasteiger partial charge in [-0.15, -0.1) is 0 Å². The van der Waals surface area contributed by atoms with Crippen LogP contribution in [-0.2, 0) is 13.5 Å². The van der Waals surface area contributed by atoms with Crippen molar-refractivity contribution in [1.82, 2.24) is 15.1 Å². The van der Waals surface area contributed by atoms with Gasteiger partial charge in [-0.05, 0) is 31.7 Å². The highest BCUT2D eigenvalue weighted by atomic mass is 35.5. The van der Waals surface area contributed by atoms with Gasteiger partial charge >= 0.3 is 0 Å². The van der Waals surface area contributed by atoms with E-state index in [1.165, 1.54) is 6.07 Å². The van der Waals surface area contributed by atoms with E-state index in [4.69, 9.17) is 11.6 Å². The average Bonchev–Trinajstić information content (AvgIpc) is 2.67. The molecule has 0 bridgehead atoms. The minimum absolute atomic E-state index is 0.163. The van der Waals surface area contributed by atoms with E-state index in [1.54, 1.807) is 12.1 Å². The maximum atomic E-state index is 14.1. The van der Waals surface area contributed by atoms with Crippen LogP contribution in [0.2, 0.25) is 5.02 Å². The molecule has 0 aliphatic rings. The van der Waals surface area contributed by atoms with Crippen molar-refractivity contribution in [3.8, 4) is 0 Å². The molecule has 108 valence electrons. The topological polar surface area (TPSA) is 29.9 Å². The van der Waals surface area contributed by atoms with Gasteiger partial charge < -0.3 is 5.32 Å². The summed E-state index contributed by atoms with van der Waals surface area (Å²) in [5, 5.41) is 8.08. The summed E-state index contributed by atoms with van der Waals surface area (Å²) in [5.74, 6) is -0.276. The van der Waals surface area contributed by atoms with E-state index in [-0.39, 0.29) is 11.9 Å². The Hall–Kier alpha value is -1.39. The van der Waals surface area contributed by atoms with Gasteiger partial charge in [-0.1, -0.05) is 24.6 Å². The van der Waals surface area contributed by atoms with E-state index in [9.17, 15) is 4.39 Å². The molecule has 0 saturated carbocycles. The maximum Gasteiger partial charge on any atom is 0.129 e.